The van der Waals surface area contributed by atoms with Crippen LogP contribution in [0.25, 0.3) is 10.1 Å². The molecule has 3 atom stereocenters. The summed E-state index contributed by atoms with van der Waals surface area (Å²) in [5.74, 6) is 1.39. The van der Waals surface area contributed by atoms with Crippen LogP contribution < -0.4 is 5.43 Å². The molecule has 4 rings (SSSR count). The second-order valence-corrected chi connectivity index (χ2v) is 7.87. The molecule has 120 valence electrons. The third-order valence-electron chi connectivity index (χ3n) is 5.02. The van der Waals surface area contributed by atoms with Gasteiger partial charge in [-0.2, -0.15) is 5.10 Å². The maximum atomic E-state index is 13.3. The number of fused-ring (bicyclic) bond motifs is 3. The van der Waals surface area contributed by atoms with Gasteiger partial charge in [-0.15, -0.1) is 11.3 Å². The zero-order valence-electron chi connectivity index (χ0n) is 12.4. The Kier molecular flexibility index (Phi) is 3.85. The van der Waals surface area contributed by atoms with Crippen molar-refractivity contribution in [3.05, 3.63) is 33.9 Å². The van der Waals surface area contributed by atoms with E-state index in [0.717, 1.165) is 11.8 Å². The fraction of sp³-hybridized carbons (Fsp3) is 0.412. The zero-order chi connectivity index (χ0) is 16.0. The van der Waals surface area contributed by atoms with Crippen molar-refractivity contribution < 1.29 is 9.18 Å². The number of nitrogens with zero attached hydrogens (tertiary/aromatic N) is 1. The molecule has 2 aliphatic rings. The highest BCUT2D eigenvalue weighted by atomic mass is 35.5. The van der Waals surface area contributed by atoms with E-state index in [0.29, 0.717) is 25.9 Å². The molecule has 0 spiro atoms. The van der Waals surface area contributed by atoms with Crippen LogP contribution in [-0.4, -0.2) is 12.1 Å². The van der Waals surface area contributed by atoms with Gasteiger partial charge < -0.3 is 0 Å². The van der Waals surface area contributed by atoms with Gasteiger partial charge in [0, 0.05) is 16.3 Å². The third kappa shape index (κ3) is 2.76. The first-order chi connectivity index (χ1) is 11.1. The first-order valence-corrected chi connectivity index (χ1v) is 9.02. The van der Waals surface area contributed by atoms with Crippen molar-refractivity contribution in [2.24, 2.45) is 22.9 Å². The van der Waals surface area contributed by atoms with E-state index < -0.39 is 0 Å². The molecule has 1 amide bonds. The molecular formula is C17H16ClFN2OS. The van der Waals surface area contributed by atoms with Gasteiger partial charge in [0.25, 0.3) is 5.91 Å². The Hall–Kier alpha value is -1.46. The summed E-state index contributed by atoms with van der Waals surface area (Å²) in [6.45, 7) is 0. The SMILES string of the molecule is O=C(N/N=C\[C@@H]1C[C@H]2CC[C@H]1C2)c1sc2cc(F)ccc2c1Cl. The maximum absolute atomic E-state index is 13.3. The van der Waals surface area contributed by atoms with E-state index in [2.05, 4.69) is 10.5 Å². The second-order valence-electron chi connectivity index (χ2n) is 6.44. The summed E-state index contributed by atoms with van der Waals surface area (Å²) in [4.78, 5) is 12.6. The third-order valence-corrected chi connectivity index (χ3v) is 6.68. The van der Waals surface area contributed by atoms with Gasteiger partial charge in [-0.3, -0.25) is 4.79 Å². The molecule has 1 aromatic heterocycles. The summed E-state index contributed by atoms with van der Waals surface area (Å²) in [6.07, 6.45) is 6.99. The average molecular weight is 351 g/mol. The number of halogens is 2. The number of hydrazone groups is 1. The Morgan fingerprint density at radius 3 is 3.00 bits per heavy atom. The highest BCUT2D eigenvalue weighted by Gasteiger charge is 2.38. The molecule has 0 aliphatic heterocycles. The summed E-state index contributed by atoms with van der Waals surface area (Å²) < 4.78 is 13.9. The number of benzene rings is 1. The molecule has 2 saturated carbocycles. The molecule has 0 radical (unpaired) electrons. The van der Waals surface area contributed by atoms with Crippen LogP contribution >= 0.6 is 22.9 Å². The summed E-state index contributed by atoms with van der Waals surface area (Å²) in [6, 6.07) is 4.33. The maximum Gasteiger partial charge on any atom is 0.282 e. The quantitative estimate of drug-likeness (QED) is 0.624. The topological polar surface area (TPSA) is 41.5 Å². The van der Waals surface area contributed by atoms with Gasteiger partial charge in [0.05, 0.1) is 5.02 Å². The molecule has 2 aliphatic carbocycles. The molecule has 1 heterocycles. The predicted molar refractivity (Wildman–Crippen MR) is 91.7 cm³/mol. The number of carbonyl (C=O) groups excluding carboxylic acids is 1. The lowest BCUT2D eigenvalue weighted by Gasteiger charge is -2.16. The molecule has 0 saturated heterocycles. The molecule has 2 aromatic rings. The lowest BCUT2D eigenvalue weighted by Crippen LogP contribution is -2.19. The fourth-order valence-corrected chi connectivity index (χ4v) is 5.34. The summed E-state index contributed by atoms with van der Waals surface area (Å²) in [5, 5.41) is 5.18. The minimum Gasteiger partial charge on any atom is -0.266 e. The Balaban J connectivity index is 1.48. The van der Waals surface area contributed by atoms with Crippen molar-refractivity contribution in [2.45, 2.75) is 25.7 Å². The smallest absolute Gasteiger partial charge is 0.266 e. The largest absolute Gasteiger partial charge is 0.282 e. The minimum atomic E-state index is -0.337. The van der Waals surface area contributed by atoms with Gasteiger partial charge in [0.1, 0.15) is 10.7 Å². The molecular weight excluding hydrogens is 335 g/mol. The molecule has 2 bridgehead atoms. The van der Waals surface area contributed by atoms with Crippen molar-refractivity contribution in [1.82, 2.24) is 5.43 Å². The van der Waals surface area contributed by atoms with Crippen LogP contribution in [0.5, 0.6) is 0 Å². The summed E-state index contributed by atoms with van der Waals surface area (Å²) in [7, 11) is 0. The monoisotopic (exact) mass is 350 g/mol. The molecule has 1 N–H and O–H groups in total. The van der Waals surface area contributed by atoms with Crippen LogP contribution in [-0.2, 0) is 0 Å². The van der Waals surface area contributed by atoms with Crippen LogP contribution in [0.1, 0.15) is 35.4 Å². The van der Waals surface area contributed by atoms with E-state index in [1.807, 2.05) is 6.21 Å². The van der Waals surface area contributed by atoms with Gasteiger partial charge in [0.15, 0.2) is 0 Å². The summed E-state index contributed by atoms with van der Waals surface area (Å²) >= 11 is 7.42. The zero-order valence-corrected chi connectivity index (χ0v) is 14.0. The van der Waals surface area contributed by atoms with Gasteiger partial charge in [-0.05, 0) is 55.2 Å². The van der Waals surface area contributed by atoms with Gasteiger partial charge in [-0.1, -0.05) is 18.0 Å². The highest BCUT2D eigenvalue weighted by Crippen LogP contribution is 2.47. The fourth-order valence-electron chi connectivity index (χ4n) is 3.90. The number of nitrogens with one attached hydrogen (secondary N) is 1. The molecule has 2 fully saturated rings. The van der Waals surface area contributed by atoms with Crippen molar-refractivity contribution in [2.75, 3.05) is 0 Å². The van der Waals surface area contributed by atoms with Crippen molar-refractivity contribution in [3.63, 3.8) is 0 Å². The average Bonchev–Trinajstić information content (AvgIpc) is 3.22. The molecule has 0 unspecified atom stereocenters. The number of hydrogen-bond donors (Lipinski definition) is 1. The van der Waals surface area contributed by atoms with Crippen LogP contribution in [0, 0.1) is 23.6 Å². The molecule has 3 nitrogen and oxygen atoms in total. The van der Waals surface area contributed by atoms with Gasteiger partial charge in [-0.25, -0.2) is 9.82 Å². The number of carbonyl (C=O) groups is 1. The van der Waals surface area contributed by atoms with Crippen molar-refractivity contribution in [3.8, 4) is 0 Å². The van der Waals surface area contributed by atoms with Gasteiger partial charge >= 0.3 is 0 Å². The van der Waals surface area contributed by atoms with Crippen LogP contribution in [0.15, 0.2) is 23.3 Å². The number of rotatable bonds is 3. The van der Waals surface area contributed by atoms with E-state index in [1.54, 1.807) is 6.07 Å². The Morgan fingerprint density at radius 2 is 2.26 bits per heavy atom. The highest BCUT2D eigenvalue weighted by molar-refractivity contribution is 7.21. The van der Waals surface area contributed by atoms with E-state index in [4.69, 9.17) is 11.6 Å². The lowest BCUT2D eigenvalue weighted by atomic mass is 9.90. The lowest BCUT2D eigenvalue weighted by molar-refractivity contribution is 0.0959. The molecule has 1 aromatic carbocycles. The van der Waals surface area contributed by atoms with Crippen molar-refractivity contribution in [1.29, 1.82) is 0 Å². The normalized spacial score (nSPS) is 26.4. The van der Waals surface area contributed by atoms with E-state index >= 15 is 0 Å². The Bertz CT molecular complexity index is 803. The van der Waals surface area contributed by atoms with Crippen LogP contribution in [0.4, 0.5) is 4.39 Å². The number of hydrogen-bond acceptors (Lipinski definition) is 3. The standard InChI is InChI=1S/C17H16ClFN2OS/c18-15-13-4-3-12(19)7-14(13)23-16(15)17(22)21-20-8-11-6-9-1-2-10(11)5-9/h3-4,7-11H,1-2,5-6H2,(H,21,22)/b20-8-/t9-,10-,11-/m0/s1. The van der Waals surface area contributed by atoms with Crippen LogP contribution in [0.2, 0.25) is 5.02 Å². The Labute approximate surface area is 142 Å². The first-order valence-electron chi connectivity index (χ1n) is 7.83. The predicted octanol–water partition coefficient (Wildman–Crippen LogP) is 4.85. The minimum absolute atomic E-state index is 0.336. The summed E-state index contributed by atoms with van der Waals surface area (Å²) in [5.41, 5.74) is 2.56. The van der Waals surface area contributed by atoms with Crippen LogP contribution in [0.3, 0.4) is 0 Å². The van der Waals surface area contributed by atoms with E-state index in [-0.39, 0.29) is 11.7 Å². The number of amides is 1. The molecule has 23 heavy (non-hydrogen) atoms. The van der Waals surface area contributed by atoms with E-state index in [1.165, 1.54) is 49.2 Å². The molecule has 6 heteroatoms. The van der Waals surface area contributed by atoms with E-state index in [9.17, 15) is 9.18 Å². The second kappa shape index (κ2) is 5.87. The van der Waals surface area contributed by atoms with Crippen molar-refractivity contribution >= 4 is 45.1 Å². The Morgan fingerprint density at radius 1 is 1.39 bits per heavy atom. The first kappa shape index (κ1) is 15.1. The number of thiophene rings is 1. The van der Waals surface area contributed by atoms with Gasteiger partial charge in [0.2, 0.25) is 0 Å².